The smallest absolute Gasteiger partial charge is 0.390 e. The average molecular weight is 2310 g/mol. The molecule has 0 aliphatic carbocycles. The molecule has 0 saturated heterocycles. The highest BCUT2D eigenvalue weighted by Gasteiger charge is 2.32. The zero-order valence-electron chi connectivity index (χ0n) is 87.8. The van der Waals surface area contributed by atoms with E-state index in [1.54, 1.807) is 0 Å². The fraction of sp³-hybridized carbons (Fsp3) is 1.00. The van der Waals surface area contributed by atoms with Gasteiger partial charge >= 0.3 is 70.4 Å². The first kappa shape index (κ1) is 154. The van der Waals surface area contributed by atoms with Crippen LogP contribution in [0.25, 0.3) is 0 Å². The van der Waals surface area contributed by atoms with Gasteiger partial charge in [0.25, 0.3) is 0 Å². The van der Waals surface area contributed by atoms with E-state index in [9.17, 15) is 40.9 Å². The molecule has 0 aromatic heterocycles. The molecule has 65 heteroatoms. The predicted octanol–water partition coefficient (Wildman–Crippen LogP) is -17.8. The average Bonchev–Trinajstić information content (AvgIpc) is 0.965. The quantitative estimate of drug-likeness (QED) is 0.0199. The van der Waals surface area contributed by atoms with Crippen LogP contribution in [0.3, 0.4) is 0 Å². The Hall–Kier alpha value is -0.545. The minimum atomic E-state index is -4.06. The van der Waals surface area contributed by atoms with Crippen molar-refractivity contribution in [1.29, 1.82) is 0 Å². The van der Waals surface area contributed by atoms with Crippen molar-refractivity contribution in [3.63, 3.8) is 0 Å². The maximum atomic E-state index is 10.3. The number of aliphatic hydroxyl groups excluding tert-OH is 8. The summed E-state index contributed by atoms with van der Waals surface area (Å²) in [5.41, 5.74) is 16.6. The molecule has 8 unspecified atom stereocenters. The number of nitrogens with one attached hydrogen (secondary N) is 11. The van der Waals surface area contributed by atoms with Gasteiger partial charge < -0.3 is 270 Å². The third kappa shape index (κ3) is 136. The molecule has 0 saturated carbocycles. The summed E-state index contributed by atoms with van der Waals surface area (Å²) in [7, 11) is -32.2. The normalized spacial score (nSPS) is 14.4. The Morgan fingerprint density at radius 2 is 0.338 bits per heavy atom. The number of hydrogen-bond acceptors (Lipinski definition) is 57. The van der Waals surface area contributed by atoms with Gasteiger partial charge in [0.15, 0.2) is 0 Å². The van der Waals surface area contributed by atoms with Crippen LogP contribution in [0.15, 0.2) is 0 Å². The lowest BCUT2D eigenvalue weighted by Crippen LogP contribution is -2.44. The van der Waals surface area contributed by atoms with Crippen LogP contribution in [-0.4, -0.2) is 618 Å². The highest BCUT2D eigenvalue weighted by atomic mass is 28.4. The number of aliphatic hydroxyl groups is 8. The monoisotopic (exact) mass is 2310 g/mol. The van der Waals surface area contributed by atoms with E-state index in [1.807, 2.05) is 0 Å². The highest BCUT2D eigenvalue weighted by Crippen LogP contribution is 2.12. The van der Waals surface area contributed by atoms with Gasteiger partial charge in [-0.15, -0.1) is 0 Å². The number of unbranched alkanes of at least 4 members (excludes halogenated alkanes) is 6. The van der Waals surface area contributed by atoms with Crippen LogP contribution in [0, 0.1) is 0 Å². The van der Waals surface area contributed by atoms with Crippen LogP contribution in [0.1, 0.15) is 109 Å². The molecule has 0 radical (unpaired) electrons. The van der Waals surface area contributed by atoms with Crippen molar-refractivity contribution < 1.29 is 194 Å². The van der Waals surface area contributed by atoms with E-state index in [-0.39, 0.29) is 160 Å². The molecule has 0 fully saturated rings. The van der Waals surface area contributed by atoms with E-state index in [0.29, 0.717) is 150 Å². The van der Waals surface area contributed by atoms with Crippen molar-refractivity contribution in [3.05, 3.63) is 0 Å². The Balaban J connectivity index is -0.000000934. The Bertz CT molecular complexity index is 2720. The highest BCUT2D eigenvalue weighted by molar-refractivity contribution is 6.58. The van der Waals surface area contributed by atoms with Gasteiger partial charge in [-0.2, -0.15) is 0 Å². The summed E-state index contributed by atoms with van der Waals surface area (Å²) >= 11 is 0. The number of nitrogens with zero attached hydrogens (tertiary/aromatic N) is 3. The molecule has 0 bridgehead atoms. The number of nitrogens with two attached hydrogens (primary N) is 3. The van der Waals surface area contributed by atoms with Crippen LogP contribution < -0.4 is 75.7 Å². The van der Waals surface area contributed by atoms with E-state index in [0.717, 1.165) is 176 Å². The zero-order valence-corrected chi connectivity index (χ0v) is 95.8. The molecule has 0 heterocycles. The lowest BCUT2D eigenvalue weighted by molar-refractivity contribution is 0.0158. The van der Waals surface area contributed by atoms with Gasteiger partial charge in [-0.3, -0.25) is 14.7 Å². The van der Waals surface area contributed by atoms with E-state index >= 15 is 0 Å². The summed E-state index contributed by atoms with van der Waals surface area (Å²) in [6.45, 7) is 25.3. The van der Waals surface area contributed by atoms with Gasteiger partial charge in [0.2, 0.25) is 0 Å². The number of ether oxygens (including phenoxy) is 8. The SMILES string of the molecule is NCCN(CCNCCCCCNCC(O)COCCC[Si](O)(O)O)CC(O)COCCC[Si](O)(O)O.NCCNCCN(CCCCCNCC(O)COCCC[Si](O)(O)O)CC(O)COCCC[Si](O)(O)O.NCCNCCNCCN(CCNCC(O)COCCC[Si](O)(O)O)CC(O)COCCC[Si](O)(O)O.OC(CNCCCCCNCCNCCNCC(O)COCCC[Si](O)(O)O)COCCC[Si](O)(O)O. The van der Waals surface area contributed by atoms with E-state index in [4.69, 9.17) is 170 Å². The lowest BCUT2D eigenvalue weighted by atomic mass is 10.2. The third-order valence-electron chi connectivity index (χ3n) is 20.9. The van der Waals surface area contributed by atoms with Crippen LogP contribution >= 0.6 is 0 Å². The first-order valence-corrected chi connectivity index (χ1v) is 68.7. The minimum absolute atomic E-state index is 0.0642. The molecule has 0 amide bonds. The Morgan fingerprint density at radius 1 is 0.169 bits per heavy atom. The molecule has 57 nitrogen and oxygen atoms in total. The fourth-order valence-corrected chi connectivity index (χ4v) is 18.3. The Labute approximate surface area is 884 Å². The first-order chi connectivity index (χ1) is 69.8. The third-order valence-corrected chi connectivity index (χ3v) is 29.1. The predicted molar refractivity (Wildman–Crippen MR) is 569 cm³/mol. The van der Waals surface area contributed by atoms with E-state index in [1.165, 1.54) is 0 Å². The topological polar surface area (TPSA) is 941 Å². The van der Waals surface area contributed by atoms with Gasteiger partial charge in [-0.05, 0) is 129 Å². The maximum absolute atomic E-state index is 10.3. The molecule has 0 aliphatic heterocycles. The second kappa shape index (κ2) is 102. The summed E-state index contributed by atoms with van der Waals surface area (Å²) in [5, 5.41) is 116. The van der Waals surface area contributed by atoms with E-state index < -0.39 is 119 Å². The van der Waals surface area contributed by atoms with Crippen molar-refractivity contribution in [3.8, 4) is 0 Å². The van der Waals surface area contributed by atoms with Crippen LogP contribution in [0.4, 0.5) is 0 Å². The zero-order chi connectivity index (χ0) is 112. The van der Waals surface area contributed by atoms with Crippen molar-refractivity contribution in [2.24, 2.45) is 17.2 Å². The van der Waals surface area contributed by atoms with Gasteiger partial charge in [-0.25, -0.2) is 0 Å². The molecular formula is C83H207N17O40Si8. The van der Waals surface area contributed by atoms with Gasteiger partial charge in [-0.1, -0.05) is 19.3 Å². The summed E-state index contributed by atoms with van der Waals surface area (Å²) in [4.78, 5) is 221. The number of hydrogen-bond donors (Lipinski definition) is 46. The summed E-state index contributed by atoms with van der Waals surface area (Å²) in [6, 6.07) is -0.684. The molecule has 148 heavy (non-hydrogen) atoms. The van der Waals surface area contributed by atoms with Crippen molar-refractivity contribution in [2.45, 2.75) is 206 Å². The molecule has 8 atom stereocenters. The van der Waals surface area contributed by atoms with Crippen LogP contribution in [0.5, 0.6) is 0 Å². The first-order valence-electron chi connectivity index (χ1n) is 52.3. The van der Waals surface area contributed by atoms with Crippen LogP contribution in [-0.2, 0) is 37.9 Å². The van der Waals surface area contributed by atoms with Gasteiger partial charge in [0.05, 0.1) is 102 Å². The van der Waals surface area contributed by atoms with Gasteiger partial charge in [0, 0.05) is 284 Å². The summed E-state index contributed by atoms with van der Waals surface area (Å²) in [6.07, 6.45) is 6.19. The summed E-state index contributed by atoms with van der Waals surface area (Å²) < 4.78 is 42.4. The lowest BCUT2D eigenvalue weighted by Gasteiger charge is -2.26. The Kier molecular flexibility index (Phi) is 106. The second-order valence-electron chi connectivity index (χ2n) is 36.8. The molecule has 0 aromatic rings. The van der Waals surface area contributed by atoms with Crippen molar-refractivity contribution >= 4 is 70.4 Å². The number of rotatable bonds is 109. The van der Waals surface area contributed by atoms with Crippen LogP contribution in [0.2, 0.25) is 48.4 Å². The summed E-state index contributed by atoms with van der Waals surface area (Å²) in [5.74, 6) is 0. The molecular weight excluding hydrogens is 2100 g/mol. The molecule has 0 aromatic carbocycles. The maximum Gasteiger partial charge on any atom is 0.492 e. The minimum Gasteiger partial charge on any atom is -0.390 e. The molecule has 0 aliphatic rings. The van der Waals surface area contributed by atoms with E-state index in [2.05, 4.69) is 73.2 Å². The Morgan fingerprint density at radius 3 is 0.581 bits per heavy atom. The molecule has 896 valence electrons. The van der Waals surface area contributed by atoms with Crippen molar-refractivity contribution in [2.75, 3.05) is 328 Å². The molecule has 0 spiro atoms. The molecule has 49 N–H and O–H groups in total. The molecule has 0 rings (SSSR count). The standard InChI is InChI=1S/3C21H52N4O10Si2.C20H51N5O10Si2/c22-6-8-23-9-11-25(17-21(27)19-35-13-5-15-37(31,32)33)10-3-1-2-7-24-16-20(26)18-34-12-4-14-36(28,29)30;22-6-10-25(17-21(27)19-35-13-5-15-37(31,32)33)11-9-23-7-2-1-3-8-24-16-20(26)18-34-12-4-14-36(28,29)30;26-20(18-34-12-4-14-36(28,29)30)16-24-7-3-1-2-6-22-8-9-23-10-11-25-17-21(27)19-35-13-5-15-37(31,32)33;21-3-4-22-5-6-23-7-9-25(16-20(27)18-35-12-2-14-37(31,32)33)10-8-24-15-19(26)17-34-11-1-13-36(28,29)30/h2*20-21,23-24,26-33H,1-19,22H2;20-33H,1-19H2;19-20,22-24,26-33H,1-18,21H2. The fourth-order valence-electron chi connectivity index (χ4n) is 13.4. The largest absolute Gasteiger partial charge is 0.492 e. The second-order valence-corrected chi connectivity index (χ2v) is 53.2. The van der Waals surface area contributed by atoms with Gasteiger partial charge in [0.1, 0.15) is 0 Å². The van der Waals surface area contributed by atoms with Crippen molar-refractivity contribution in [1.82, 2.24) is 73.2 Å².